The molecule has 0 aromatic heterocycles. The fourth-order valence-electron chi connectivity index (χ4n) is 5.45. The van der Waals surface area contributed by atoms with E-state index in [0.29, 0.717) is 22.3 Å². The van der Waals surface area contributed by atoms with Crippen LogP contribution >= 0.6 is 9.30 Å². The smallest absolute Gasteiger partial charge is 0.172 e. The van der Waals surface area contributed by atoms with Gasteiger partial charge in [-0.1, -0.05) is 121 Å². The van der Waals surface area contributed by atoms with Crippen LogP contribution in [0.25, 0.3) is 0 Å². The van der Waals surface area contributed by atoms with Gasteiger partial charge in [-0.25, -0.2) is 12.1 Å². The number of benzene rings is 4. The SMILES string of the molecule is CC1(C)O[C@H](C(O)(c2ccccc2)c2ccccc2)[C@@H](C(O)(c2ccccc2)c2ccccc2)O1.[Cl][Ti+].c1cc[cH-]c1. The van der Waals surface area contributed by atoms with Crippen molar-refractivity contribution < 1.29 is 39.1 Å². The van der Waals surface area contributed by atoms with Gasteiger partial charge in [0.2, 0.25) is 0 Å². The minimum atomic E-state index is -1.60. The molecule has 214 valence electrons. The minimum absolute atomic E-state index is 0.658. The fourth-order valence-corrected chi connectivity index (χ4v) is 5.45. The van der Waals surface area contributed by atoms with E-state index in [1.165, 1.54) is 19.4 Å². The fraction of sp³-hybridized carbons (Fsp3) is 0.194. The largest absolute Gasteiger partial charge is 0.214 e. The quantitative estimate of drug-likeness (QED) is 0.154. The zero-order valence-electron chi connectivity index (χ0n) is 23.7. The van der Waals surface area contributed by atoms with Gasteiger partial charge in [-0.2, -0.15) is 18.2 Å². The third kappa shape index (κ3) is 6.83. The summed E-state index contributed by atoms with van der Waals surface area (Å²) in [6, 6.07) is 47.8. The van der Waals surface area contributed by atoms with Gasteiger partial charge in [0.15, 0.2) is 5.79 Å². The first-order valence-corrected chi connectivity index (χ1v) is 15.9. The first-order valence-electron chi connectivity index (χ1n) is 13.7. The number of hydrogen-bond donors (Lipinski definition) is 2. The van der Waals surface area contributed by atoms with Gasteiger partial charge < -0.3 is 19.7 Å². The molecule has 1 fully saturated rings. The normalized spacial score (nSPS) is 17.7. The molecule has 0 amide bonds. The van der Waals surface area contributed by atoms with E-state index < -0.39 is 29.2 Å². The Morgan fingerprint density at radius 1 is 0.548 bits per heavy atom. The molecule has 0 spiro atoms. The van der Waals surface area contributed by atoms with E-state index in [2.05, 4.69) is 9.30 Å². The van der Waals surface area contributed by atoms with Crippen molar-refractivity contribution in [1.82, 2.24) is 0 Å². The first-order chi connectivity index (χ1) is 20.4. The zero-order valence-corrected chi connectivity index (χ0v) is 26.0. The Bertz CT molecular complexity index is 1250. The standard InChI is InChI=1S/C31H30O4.C5H5.ClH.Ti/c1-29(2)34-27(30(32,23-15-7-3-8-16-23)24-17-9-4-10-18-24)28(35-29)31(33,25-19-11-5-12-20-25)26-21-13-6-14-22-26;1-2-4-5-3-1;;/h3-22,27-28,32-33H,1-2H3;1-5H;1H;/q;-1;;+2/p-1/t27-,28-;;;/m0.../s1. The molecule has 6 heteroatoms. The zero-order chi connectivity index (χ0) is 30.1. The molecular formula is C36H35ClO4Ti. The topological polar surface area (TPSA) is 58.9 Å². The molecule has 1 aliphatic heterocycles. The van der Waals surface area contributed by atoms with Gasteiger partial charge in [-0.15, -0.1) is 0 Å². The van der Waals surface area contributed by atoms with Crippen molar-refractivity contribution >= 4 is 9.30 Å². The number of ether oxygens (including phenoxy) is 2. The van der Waals surface area contributed by atoms with E-state index in [-0.39, 0.29) is 0 Å². The van der Waals surface area contributed by atoms with E-state index >= 15 is 0 Å². The summed E-state index contributed by atoms with van der Waals surface area (Å²) in [7, 11) is 4.64. The van der Waals surface area contributed by atoms with Gasteiger partial charge >= 0.3 is 28.7 Å². The van der Waals surface area contributed by atoms with Crippen LogP contribution in [-0.2, 0) is 40.1 Å². The summed E-state index contributed by atoms with van der Waals surface area (Å²) in [6.07, 6.45) is -1.87. The number of hydrogen-bond acceptors (Lipinski definition) is 4. The maximum atomic E-state index is 12.6. The van der Waals surface area contributed by atoms with Crippen molar-refractivity contribution in [2.45, 2.75) is 43.0 Å². The van der Waals surface area contributed by atoms with Crippen LogP contribution in [0.4, 0.5) is 0 Å². The van der Waals surface area contributed by atoms with Crippen LogP contribution in [0.2, 0.25) is 0 Å². The van der Waals surface area contributed by atoms with E-state index in [1.807, 2.05) is 166 Å². The first kappa shape index (κ1) is 32.0. The van der Waals surface area contributed by atoms with Gasteiger partial charge in [0.25, 0.3) is 0 Å². The van der Waals surface area contributed by atoms with Gasteiger partial charge in [0, 0.05) is 0 Å². The van der Waals surface area contributed by atoms with Crippen LogP contribution < -0.4 is 0 Å². The molecule has 5 aromatic rings. The Labute approximate surface area is 264 Å². The Morgan fingerprint density at radius 3 is 1.02 bits per heavy atom. The second kappa shape index (κ2) is 14.5. The second-order valence-electron chi connectivity index (χ2n) is 10.4. The molecule has 6 rings (SSSR count). The van der Waals surface area contributed by atoms with Crippen LogP contribution in [0.5, 0.6) is 0 Å². The van der Waals surface area contributed by atoms with Crippen molar-refractivity contribution in [3.8, 4) is 0 Å². The average molecular weight is 615 g/mol. The molecule has 4 nitrogen and oxygen atoms in total. The molecule has 0 saturated carbocycles. The Hall–Kier alpha value is -2.93. The molecule has 1 saturated heterocycles. The van der Waals surface area contributed by atoms with Gasteiger partial charge in [-0.05, 0) is 36.1 Å². The van der Waals surface area contributed by atoms with Crippen LogP contribution in [0, 0.1) is 0 Å². The molecule has 0 radical (unpaired) electrons. The van der Waals surface area contributed by atoms with E-state index in [1.54, 1.807) is 0 Å². The third-order valence-corrected chi connectivity index (χ3v) is 7.33. The van der Waals surface area contributed by atoms with Crippen molar-refractivity contribution in [1.29, 1.82) is 0 Å². The summed E-state index contributed by atoms with van der Waals surface area (Å²) in [5, 5.41) is 25.2. The minimum Gasteiger partial charge on any atom is -0.214 e. The summed E-state index contributed by atoms with van der Waals surface area (Å²) in [5.74, 6) is -1.05. The second-order valence-corrected chi connectivity index (χ2v) is 10.4. The summed E-state index contributed by atoms with van der Waals surface area (Å²) >= 11 is 1.47. The van der Waals surface area contributed by atoms with Gasteiger partial charge in [-0.3, -0.25) is 0 Å². The predicted molar refractivity (Wildman–Crippen MR) is 163 cm³/mol. The van der Waals surface area contributed by atoms with E-state index in [9.17, 15) is 10.2 Å². The van der Waals surface area contributed by atoms with Crippen LogP contribution in [0.3, 0.4) is 0 Å². The Kier molecular flexibility index (Phi) is 11.0. The van der Waals surface area contributed by atoms with Crippen molar-refractivity contribution in [3.05, 3.63) is 174 Å². The molecule has 42 heavy (non-hydrogen) atoms. The van der Waals surface area contributed by atoms with Crippen LogP contribution in [0.15, 0.2) is 152 Å². The molecule has 1 heterocycles. The van der Waals surface area contributed by atoms with Gasteiger partial charge in [0.05, 0.1) is 0 Å². The van der Waals surface area contributed by atoms with Crippen LogP contribution in [-0.4, -0.2) is 28.2 Å². The van der Waals surface area contributed by atoms with Crippen LogP contribution in [0.1, 0.15) is 36.1 Å². The third-order valence-electron chi connectivity index (χ3n) is 7.33. The van der Waals surface area contributed by atoms with E-state index in [4.69, 9.17) is 9.47 Å². The number of aliphatic hydroxyl groups is 2. The monoisotopic (exact) mass is 614 g/mol. The summed E-state index contributed by atoms with van der Waals surface area (Å²) in [5.41, 5.74) is -0.564. The maximum Gasteiger partial charge on any atom is -0.172 e. The Morgan fingerprint density at radius 2 is 0.810 bits per heavy atom. The molecule has 5 aromatic carbocycles. The molecule has 0 bridgehead atoms. The number of halogens is 1. The molecule has 0 aliphatic carbocycles. The Balaban J connectivity index is 0.000000516. The molecule has 1 aliphatic rings. The van der Waals surface area contributed by atoms with Crippen molar-refractivity contribution in [2.24, 2.45) is 0 Å². The molecule has 2 atom stereocenters. The summed E-state index contributed by atoms with van der Waals surface area (Å²) < 4.78 is 13.0. The number of rotatable bonds is 6. The molecule has 0 unspecified atom stereocenters. The van der Waals surface area contributed by atoms with E-state index in [0.717, 1.165) is 0 Å². The summed E-state index contributed by atoms with van der Waals surface area (Å²) in [4.78, 5) is 0. The van der Waals surface area contributed by atoms with Crippen molar-refractivity contribution in [3.63, 3.8) is 0 Å². The maximum absolute atomic E-state index is 12.6. The van der Waals surface area contributed by atoms with Crippen molar-refractivity contribution in [2.75, 3.05) is 0 Å². The molecular weight excluding hydrogens is 580 g/mol. The predicted octanol–water partition coefficient (Wildman–Crippen LogP) is 7.47. The summed E-state index contributed by atoms with van der Waals surface area (Å²) in [6.45, 7) is 3.62. The average Bonchev–Trinajstić information content (AvgIpc) is 3.75. The van der Waals surface area contributed by atoms with Gasteiger partial charge in [0.1, 0.15) is 23.4 Å². The molecule has 2 N–H and O–H groups in total.